The standard InChI is InChI=1S/C10H14N3O6PS/c1-17-10(5-14)6(19-20(16)21)4-8(18-10)13-3-2-7(11)12-9(13)15/h2-3,6,8,14H,4-5H2,1H3,(H2-,11,12,15,16,21)/p+1/t6-,8+,10+/m0/s1. The van der Waals surface area contributed by atoms with E-state index in [4.69, 9.17) is 19.7 Å². The Labute approximate surface area is 126 Å². The molecular formula is C10H15N3O6PS+. The van der Waals surface area contributed by atoms with Gasteiger partial charge in [-0.15, -0.1) is 4.52 Å². The smallest absolute Gasteiger partial charge is 0.391 e. The maximum atomic E-state index is 11.8. The number of hydrogen-bond donors (Lipinski definition) is 3. The summed E-state index contributed by atoms with van der Waals surface area (Å²) in [5.41, 5.74) is 4.81. The van der Waals surface area contributed by atoms with E-state index in [0.717, 1.165) is 0 Å². The second kappa shape index (κ2) is 6.39. The lowest BCUT2D eigenvalue weighted by atomic mass is 10.1. The number of aliphatic hydroxyl groups is 1. The highest BCUT2D eigenvalue weighted by Crippen LogP contribution is 2.43. The first kappa shape index (κ1) is 16.3. The van der Waals surface area contributed by atoms with Gasteiger partial charge in [-0.2, -0.15) is 4.98 Å². The van der Waals surface area contributed by atoms with Crippen molar-refractivity contribution in [2.24, 2.45) is 0 Å². The molecule has 1 unspecified atom stereocenters. The summed E-state index contributed by atoms with van der Waals surface area (Å²) >= 11 is 3.68. The van der Waals surface area contributed by atoms with E-state index in [1.165, 1.54) is 23.9 Å². The highest BCUT2D eigenvalue weighted by Gasteiger charge is 2.54. The Morgan fingerprint density at radius 1 is 1.76 bits per heavy atom. The van der Waals surface area contributed by atoms with Gasteiger partial charge in [-0.1, -0.05) is 0 Å². The monoisotopic (exact) mass is 336 g/mol. The number of hydrogen-bond acceptors (Lipinski definition) is 8. The molecule has 1 aliphatic heterocycles. The van der Waals surface area contributed by atoms with Crippen molar-refractivity contribution in [3.8, 4) is 0 Å². The van der Waals surface area contributed by atoms with Crippen LogP contribution in [0.1, 0.15) is 12.6 Å². The fourth-order valence-corrected chi connectivity index (χ4v) is 2.95. The highest BCUT2D eigenvalue weighted by atomic mass is 32.7. The third-order valence-electron chi connectivity index (χ3n) is 3.19. The van der Waals surface area contributed by atoms with Crippen molar-refractivity contribution in [1.82, 2.24) is 9.55 Å². The van der Waals surface area contributed by atoms with Crippen molar-refractivity contribution in [2.75, 3.05) is 19.5 Å². The van der Waals surface area contributed by atoms with Crippen molar-refractivity contribution >= 4 is 25.3 Å². The van der Waals surface area contributed by atoms with Gasteiger partial charge in [0.1, 0.15) is 30.9 Å². The van der Waals surface area contributed by atoms with E-state index in [9.17, 15) is 14.5 Å². The van der Waals surface area contributed by atoms with E-state index < -0.39 is 37.6 Å². The van der Waals surface area contributed by atoms with Crippen LogP contribution in [0, 0.1) is 0 Å². The molecule has 1 aromatic rings. The van der Waals surface area contributed by atoms with Crippen LogP contribution in [0.5, 0.6) is 0 Å². The number of rotatable bonds is 5. The predicted molar refractivity (Wildman–Crippen MR) is 75.9 cm³/mol. The average Bonchev–Trinajstić information content (AvgIpc) is 2.77. The summed E-state index contributed by atoms with van der Waals surface area (Å²) in [6, 6.07) is 1.44. The zero-order valence-electron chi connectivity index (χ0n) is 11.1. The third kappa shape index (κ3) is 3.25. The maximum Gasteiger partial charge on any atom is 0.582 e. The number of methoxy groups -OCH3 is 1. The molecule has 3 N–H and O–H groups in total. The Bertz CT molecular complexity index is 592. The summed E-state index contributed by atoms with van der Waals surface area (Å²) in [6.45, 7) is -0.543. The molecule has 0 aromatic carbocycles. The van der Waals surface area contributed by atoms with E-state index in [1.807, 2.05) is 0 Å². The van der Waals surface area contributed by atoms with Crippen molar-refractivity contribution in [3.05, 3.63) is 22.7 Å². The zero-order chi connectivity index (χ0) is 15.6. The lowest BCUT2D eigenvalue weighted by Gasteiger charge is -2.27. The second-order valence-electron chi connectivity index (χ2n) is 4.36. The molecule has 0 radical (unpaired) electrons. The number of nitrogens with two attached hydrogens (primary N) is 1. The van der Waals surface area contributed by atoms with Gasteiger partial charge in [0.05, 0.1) is 0 Å². The van der Waals surface area contributed by atoms with Gasteiger partial charge in [0, 0.05) is 19.7 Å². The summed E-state index contributed by atoms with van der Waals surface area (Å²) in [4.78, 5) is 15.4. The van der Waals surface area contributed by atoms with E-state index in [0.29, 0.717) is 0 Å². The summed E-state index contributed by atoms with van der Waals surface area (Å²) in [5.74, 6) is -1.44. The van der Waals surface area contributed by atoms with Crippen LogP contribution in [-0.4, -0.2) is 40.3 Å². The number of thiol groups is 1. The zero-order valence-corrected chi connectivity index (χ0v) is 12.9. The van der Waals surface area contributed by atoms with Gasteiger partial charge in [-0.3, -0.25) is 4.57 Å². The van der Waals surface area contributed by atoms with E-state index >= 15 is 0 Å². The highest BCUT2D eigenvalue weighted by molar-refractivity contribution is 8.39. The first-order valence-corrected chi connectivity index (χ1v) is 8.26. The molecule has 21 heavy (non-hydrogen) atoms. The molecule has 116 valence electrons. The number of aliphatic hydroxyl groups excluding tert-OH is 1. The summed E-state index contributed by atoms with van der Waals surface area (Å²) in [7, 11) is -0.922. The van der Waals surface area contributed by atoms with Gasteiger partial charge >= 0.3 is 12.9 Å². The Morgan fingerprint density at radius 3 is 3.00 bits per heavy atom. The predicted octanol–water partition coefficient (Wildman–Crippen LogP) is 0.0518. The maximum absolute atomic E-state index is 11.8. The molecule has 0 aliphatic carbocycles. The molecule has 2 heterocycles. The number of aromatic nitrogens is 2. The van der Waals surface area contributed by atoms with E-state index in [1.54, 1.807) is 0 Å². The Morgan fingerprint density at radius 2 is 2.48 bits per heavy atom. The van der Waals surface area contributed by atoms with Crippen LogP contribution < -0.4 is 11.4 Å². The molecule has 0 bridgehead atoms. The number of nitrogens with zero attached hydrogens (tertiary/aromatic N) is 2. The minimum Gasteiger partial charge on any atom is -0.391 e. The van der Waals surface area contributed by atoms with Crippen molar-refractivity contribution < 1.29 is 23.7 Å². The summed E-state index contributed by atoms with van der Waals surface area (Å²) in [6.07, 6.45) is -0.119. The molecule has 1 aliphatic rings. The molecule has 11 heteroatoms. The van der Waals surface area contributed by atoms with Gasteiger partial charge in [0.25, 0.3) is 0 Å². The van der Waals surface area contributed by atoms with Crippen molar-refractivity contribution in [1.29, 1.82) is 0 Å². The van der Waals surface area contributed by atoms with Gasteiger partial charge in [-0.05, 0) is 10.6 Å². The molecule has 1 fully saturated rings. The van der Waals surface area contributed by atoms with E-state index in [2.05, 4.69) is 17.2 Å². The molecule has 0 spiro atoms. The minimum atomic E-state index is -2.23. The van der Waals surface area contributed by atoms with Crippen LogP contribution in [0.3, 0.4) is 0 Å². The Kier molecular flexibility index (Phi) is 4.97. The molecule has 0 saturated carbocycles. The SMILES string of the molecule is CO[C@]1(CO)O[C@@H](n2ccc(N)nc2=O)C[C@@H]1O[P+](=O)S. The number of nitrogen functional groups attached to an aromatic ring is 1. The van der Waals surface area contributed by atoms with Crippen molar-refractivity contribution in [3.63, 3.8) is 0 Å². The minimum absolute atomic E-state index is 0.0839. The van der Waals surface area contributed by atoms with E-state index in [-0.39, 0.29) is 12.2 Å². The lowest BCUT2D eigenvalue weighted by molar-refractivity contribution is -0.265. The fourth-order valence-electron chi connectivity index (χ4n) is 2.15. The fraction of sp³-hybridized carbons (Fsp3) is 0.600. The molecule has 1 saturated heterocycles. The lowest BCUT2D eigenvalue weighted by Crippen LogP contribution is -2.45. The molecule has 1 aromatic heterocycles. The topological polar surface area (TPSA) is 126 Å². The van der Waals surface area contributed by atoms with Crippen LogP contribution in [0.2, 0.25) is 0 Å². The largest absolute Gasteiger partial charge is 0.582 e. The second-order valence-corrected chi connectivity index (χ2v) is 6.02. The molecular weight excluding hydrogens is 321 g/mol. The average molecular weight is 336 g/mol. The first-order chi connectivity index (χ1) is 9.91. The Hall–Kier alpha value is -1.03. The van der Waals surface area contributed by atoms with Gasteiger partial charge in [0.2, 0.25) is 5.79 Å². The van der Waals surface area contributed by atoms with Crippen LogP contribution in [-0.2, 0) is 18.6 Å². The molecule has 0 amide bonds. The van der Waals surface area contributed by atoms with Crippen LogP contribution in [0.25, 0.3) is 0 Å². The van der Waals surface area contributed by atoms with Gasteiger partial charge in [-0.25, -0.2) is 4.79 Å². The van der Waals surface area contributed by atoms with Crippen LogP contribution >= 0.6 is 19.5 Å². The molecule has 9 nitrogen and oxygen atoms in total. The third-order valence-corrected chi connectivity index (χ3v) is 3.90. The Balaban J connectivity index is 2.32. The van der Waals surface area contributed by atoms with Crippen LogP contribution in [0.15, 0.2) is 17.1 Å². The van der Waals surface area contributed by atoms with Crippen LogP contribution in [0.4, 0.5) is 5.82 Å². The molecule has 4 atom stereocenters. The number of ether oxygens (including phenoxy) is 2. The normalized spacial score (nSPS) is 29.6. The molecule has 2 rings (SSSR count). The number of anilines is 1. The quantitative estimate of drug-likeness (QED) is 0.509. The summed E-state index contributed by atoms with van der Waals surface area (Å²) < 4.78 is 28.2. The summed E-state index contributed by atoms with van der Waals surface area (Å²) in [5, 5.41) is 9.51. The van der Waals surface area contributed by atoms with Crippen molar-refractivity contribution in [2.45, 2.75) is 24.5 Å². The van der Waals surface area contributed by atoms with Gasteiger partial charge in [0.15, 0.2) is 6.10 Å². The first-order valence-electron chi connectivity index (χ1n) is 5.93. The van der Waals surface area contributed by atoms with Gasteiger partial charge < -0.3 is 20.3 Å².